The Kier molecular flexibility index (Phi) is 4.41. The van der Waals surface area contributed by atoms with Crippen LogP contribution in [0.3, 0.4) is 0 Å². The summed E-state index contributed by atoms with van der Waals surface area (Å²) in [6, 6.07) is 4.98. The van der Waals surface area contributed by atoms with Gasteiger partial charge >= 0.3 is 6.03 Å². The van der Waals surface area contributed by atoms with Crippen molar-refractivity contribution in [3.05, 3.63) is 36.0 Å². The van der Waals surface area contributed by atoms with E-state index in [1.807, 2.05) is 31.1 Å². The van der Waals surface area contributed by atoms with Crippen molar-refractivity contribution in [2.45, 2.75) is 13.0 Å². The number of carbonyl (C=O) groups excluding carboxylic acids is 1. The maximum absolute atomic E-state index is 11.8. The Morgan fingerprint density at radius 3 is 2.85 bits per heavy atom. The van der Waals surface area contributed by atoms with Gasteiger partial charge in [-0.25, -0.2) is 4.79 Å². The standard InChI is InChI=1S/C13H18N4O3/c1-9-7-12(16-20-9)15-13(18)14-8-10(17(2)3)11-5-4-6-19-11/h4-7,10H,8H2,1-3H3,(H2,14,15,16,18). The molecule has 0 aliphatic heterocycles. The largest absolute Gasteiger partial charge is 0.468 e. The van der Waals surface area contributed by atoms with Gasteiger partial charge in [-0.1, -0.05) is 5.16 Å². The fraction of sp³-hybridized carbons (Fsp3) is 0.385. The number of likely N-dealkylation sites (N-methyl/N-ethyl adjacent to an activating group) is 1. The van der Waals surface area contributed by atoms with Crippen molar-refractivity contribution >= 4 is 11.8 Å². The van der Waals surface area contributed by atoms with Crippen molar-refractivity contribution in [3.63, 3.8) is 0 Å². The van der Waals surface area contributed by atoms with Crippen molar-refractivity contribution in [1.29, 1.82) is 0 Å². The van der Waals surface area contributed by atoms with Crippen LogP contribution in [0.1, 0.15) is 17.6 Å². The van der Waals surface area contributed by atoms with Crippen LogP contribution in [0.2, 0.25) is 0 Å². The Bertz CT molecular complexity index is 548. The molecule has 0 fully saturated rings. The van der Waals surface area contributed by atoms with Gasteiger partial charge in [0.15, 0.2) is 5.82 Å². The van der Waals surface area contributed by atoms with Gasteiger partial charge in [0.1, 0.15) is 11.5 Å². The summed E-state index contributed by atoms with van der Waals surface area (Å²) in [4.78, 5) is 13.7. The van der Waals surface area contributed by atoms with Gasteiger partial charge < -0.3 is 14.3 Å². The third-order valence-corrected chi connectivity index (χ3v) is 2.82. The average Bonchev–Trinajstić information content (AvgIpc) is 3.01. The second-order valence-electron chi connectivity index (χ2n) is 4.65. The zero-order valence-electron chi connectivity index (χ0n) is 11.7. The Hall–Kier alpha value is -2.28. The number of carbonyl (C=O) groups is 1. The number of aromatic nitrogens is 1. The van der Waals surface area contributed by atoms with Crippen LogP contribution >= 0.6 is 0 Å². The van der Waals surface area contributed by atoms with E-state index in [9.17, 15) is 4.79 Å². The van der Waals surface area contributed by atoms with Crippen molar-refractivity contribution in [2.75, 3.05) is 26.0 Å². The first kappa shape index (κ1) is 14.1. The monoisotopic (exact) mass is 278 g/mol. The minimum absolute atomic E-state index is 0.0326. The highest BCUT2D eigenvalue weighted by Gasteiger charge is 2.18. The topological polar surface area (TPSA) is 83.5 Å². The second kappa shape index (κ2) is 6.25. The van der Waals surface area contributed by atoms with Crippen LogP contribution in [0.15, 0.2) is 33.4 Å². The van der Waals surface area contributed by atoms with Gasteiger partial charge in [-0.2, -0.15) is 0 Å². The van der Waals surface area contributed by atoms with E-state index in [2.05, 4.69) is 15.8 Å². The van der Waals surface area contributed by atoms with Crippen LogP contribution in [0.25, 0.3) is 0 Å². The minimum Gasteiger partial charge on any atom is -0.468 e. The molecule has 2 rings (SSSR count). The van der Waals surface area contributed by atoms with Crippen molar-refractivity contribution in [2.24, 2.45) is 0 Å². The van der Waals surface area contributed by atoms with Gasteiger partial charge in [0, 0.05) is 12.6 Å². The van der Waals surface area contributed by atoms with Crippen molar-refractivity contribution < 1.29 is 13.7 Å². The number of aryl methyl sites for hydroxylation is 1. The Labute approximate surface area is 116 Å². The number of amides is 2. The molecule has 0 saturated carbocycles. The number of anilines is 1. The lowest BCUT2D eigenvalue weighted by Crippen LogP contribution is -2.36. The van der Waals surface area contributed by atoms with E-state index in [-0.39, 0.29) is 12.1 Å². The van der Waals surface area contributed by atoms with Crippen molar-refractivity contribution in [1.82, 2.24) is 15.4 Å². The third kappa shape index (κ3) is 3.61. The summed E-state index contributed by atoms with van der Waals surface area (Å²) in [6.07, 6.45) is 1.62. The van der Waals surface area contributed by atoms with E-state index in [0.29, 0.717) is 18.1 Å². The molecule has 2 N–H and O–H groups in total. The molecule has 1 atom stereocenters. The first-order chi connectivity index (χ1) is 9.56. The summed E-state index contributed by atoms with van der Waals surface area (Å²) in [7, 11) is 3.85. The van der Waals surface area contributed by atoms with Crippen LogP contribution in [-0.2, 0) is 0 Å². The quantitative estimate of drug-likeness (QED) is 0.874. The SMILES string of the molecule is Cc1cc(NC(=O)NCC(c2ccco2)N(C)C)no1. The van der Waals surface area contributed by atoms with Crippen LogP contribution < -0.4 is 10.6 Å². The molecule has 2 aromatic heterocycles. The molecule has 0 spiro atoms. The maximum atomic E-state index is 11.8. The maximum Gasteiger partial charge on any atom is 0.320 e. The molecule has 0 aliphatic carbocycles. The number of urea groups is 1. The third-order valence-electron chi connectivity index (χ3n) is 2.82. The molecule has 0 radical (unpaired) electrons. The average molecular weight is 278 g/mol. The number of hydrogen-bond donors (Lipinski definition) is 2. The number of hydrogen-bond acceptors (Lipinski definition) is 5. The van der Waals surface area contributed by atoms with E-state index in [4.69, 9.17) is 8.94 Å². The first-order valence-electron chi connectivity index (χ1n) is 6.24. The van der Waals surface area contributed by atoms with E-state index >= 15 is 0 Å². The number of rotatable bonds is 5. The lowest BCUT2D eigenvalue weighted by atomic mass is 10.2. The summed E-state index contributed by atoms with van der Waals surface area (Å²) in [5.74, 6) is 1.83. The molecule has 20 heavy (non-hydrogen) atoms. The fourth-order valence-electron chi connectivity index (χ4n) is 1.79. The van der Waals surface area contributed by atoms with E-state index in [1.165, 1.54) is 0 Å². The molecule has 108 valence electrons. The summed E-state index contributed by atoms with van der Waals surface area (Å²) in [5.41, 5.74) is 0. The molecule has 7 heteroatoms. The smallest absolute Gasteiger partial charge is 0.320 e. The molecule has 1 unspecified atom stereocenters. The predicted octanol–water partition coefficient (Wildman–Crippen LogP) is 2.00. The van der Waals surface area contributed by atoms with Gasteiger partial charge in [0.25, 0.3) is 0 Å². The minimum atomic E-state index is -0.336. The zero-order chi connectivity index (χ0) is 14.5. The molecule has 0 aromatic carbocycles. The molecule has 0 aliphatic rings. The van der Waals surface area contributed by atoms with Crippen LogP contribution in [0.4, 0.5) is 10.6 Å². The number of nitrogens with one attached hydrogen (secondary N) is 2. The number of furan rings is 1. The molecule has 2 amide bonds. The Balaban J connectivity index is 1.88. The first-order valence-corrected chi connectivity index (χ1v) is 6.24. The number of nitrogens with zero attached hydrogens (tertiary/aromatic N) is 2. The summed E-state index contributed by atoms with van der Waals surface area (Å²) in [6.45, 7) is 2.18. The second-order valence-corrected chi connectivity index (χ2v) is 4.65. The van der Waals surface area contributed by atoms with Crippen molar-refractivity contribution in [3.8, 4) is 0 Å². The molecule has 0 bridgehead atoms. The van der Waals surface area contributed by atoms with E-state index < -0.39 is 0 Å². The van der Waals surface area contributed by atoms with Crippen LogP contribution in [0, 0.1) is 6.92 Å². The van der Waals surface area contributed by atoms with Gasteiger partial charge in [0.05, 0.1) is 12.3 Å². The summed E-state index contributed by atoms with van der Waals surface area (Å²) < 4.78 is 10.2. The summed E-state index contributed by atoms with van der Waals surface area (Å²) >= 11 is 0. The van der Waals surface area contributed by atoms with Gasteiger partial charge in [0.2, 0.25) is 0 Å². The fourth-order valence-corrected chi connectivity index (χ4v) is 1.79. The molecular formula is C13H18N4O3. The zero-order valence-corrected chi connectivity index (χ0v) is 11.7. The van der Waals surface area contributed by atoms with Gasteiger partial charge in [-0.15, -0.1) is 0 Å². The highest BCUT2D eigenvalue weighted by atomic mass is 16.5. The predicted molar refractivity (Wildman–Crippen MR) is 73.4 cm³/mol. The Morgan fingerprint density at radius 1 is 1.50 bits per heavy atom. The Morgan fingerprint density at radius 2 is 2.30 bits per heavy atom. The molecule has 2 heterocycles. The highest BCUT2D eigenvalue weighted by Crippen LogP contribution is 2.17. The molecule has 2 aromatic rings. The van der Waals surface area contributed by atoms with E-state index in [0.717, 1.165) is 5.76 Å². The summed E-state index contributed by atoms with van der Waals surface area (Å²) in [5, 5.41) is 9.07. The van der Waals surface area contributed by atoms with Gasteiger partial charge in [-0.3, -0.25) is 10.2 Å². The van der Waals surface area contributed by atoms with Crippen LogP contribution in [-0.4, -0.2) is 36.7 Å². The molecular weight excluding hydrogens is 260 g/mol. The normalized spacial score (nSPS) is 12.4. The lowest BCUT2D eigenvalue weighted by Gasteiger charge is -2.22. The highest BCUT2D eigenvalue weighted by molar-refractivity contribution is 5.88. The lowest BCUT2D eigenvalue weighted by molar-refractivity contribution is 0.233. The molecule has 0 saturated heterocycles. The van der Waals surface area contributed by atoms with Crippen LogP contribution in [0.5, 0.6) is 0 Å². The van der Waals surface area contributed by atoms with E-state index in [1.54, 1.807) is 19.3 Å². The van der Waals surface area contributed by atoms with Gasteiger partial charge in [-0.05, 0) is 33.2 Å². The molecule has 7 nitrogen and oxygen atoms in total.